The Morgan fingerprint density at radius 2 is 1.53 bits per heavy atom. The summed E-state index contributed by atoms with van der Waals surface area (Å²) in [5.74, 6) is -1.25. The van der Waals surface area contributed by atoms with Crippen molar-refractivity contribution in [3.63, 3.8) is 0 Å². The molecule has 0 fully saturated rings. The van der Waals surface area contributed by atoms with Crippen LogP contribution in [0.1, 0.15) is 26.3 Å². The molecule has 0 aliphatic rings. The number of para-hydroxylation sites is 1. The molecule has 0 aliphatic carbocycles. The van der Waals surface area contributed by atoms with E-state index in [1.54, 1.807) is 37.3 Å². The van der Waals surface area contributed by atoms with Crippen LogP contribution in [0.15, 0.2) is 88.2 Å². The molecule has 202 valence electrons. The molecule has 1 atom stereocenters. The first-order valence-corrected chi connectivity index (χ1v) is 14.4. The van der Waals surface area contributed by atoms with Gasteiger partial charge in [0.2, 0.25) is 11.8 Å². The Morgan fingerprint density at radius 1 is 0.921 bits per heavy atom. The molecule has 3 aromatic carbocycles. The van der Waals surface area contributed by atoms with Gasteiger partial charge in [-0.15, -0.1) is 0 Å². The fourth-order valence-electron chi connectivity index (χ4n) is 3.68. The topological polar surface area (TPSA) is 86.8 Å². The van der Waals surface area contributed by atoms with Gasteiger partial charge in [-0.1, -0.05) is 60.1 Å². The Morgan fingerprint density at radius 3 is 2.11 bits per heavy atom. The molecule has 0 aliphatic heterocycles. The van der Waals surface area contributed by atoms with Crippen molar-refractivity contribution in [1.29, 1.82) is 0 Å². The summed E-state index contributed by atoms with van der Waals surface area (Å²) in [6.07, 6.45) is 0. The van der Waals surface area contributed by atoms with Gasteiger partial charge in [0.25, 0.3) is 10.0 Å². The van der Waals surface area contributed by atoms with Gasteiger partial charge in [-0.05, 0) is 66.9 Å². The number of hydrogen-bond donors (Lipinski definition) is 1. The van der Waals surface area contributed by atoms with Crippen LogP contribution >= 0.6 is 15.9 Å². The quantitative estimate of drug-likeness (QED) is 0.335. The highest BCUT2D eigenvalue weighted by Crippen LogP contribution is 2.25. The number of rotatable bonds is 11. The summed E-state index contributed by atoms with van der Waals surface area (Å²) in [5.41, 5.74) is 1.04. The van der Waals surface area contributed by atoms with E-state index in [1.807, 2.05) is 38.1 Å². The minimum atomic E-state index is -4.23. The largest absolute Gasteiger partial charge is 0.354 e. The number of hydrogen-bond acceptors (Lipinski definition) is 4. The SMILES string of the molecule is CC(C)CNC(=O)[C@H](C)N(Cc1ccc(Br)cc1)C(=O)CN(c1ccccc1)S(=O)(=O)c1ccc(F)cc1. The minimum absolute atomic E-state index is 0.0988. The average Bonchev–Trinajstić information content (AvgIpc) is 2.90. The molecule has 3 aromatic rings. The molecule has 3 rings (SSSR count). The molecule has 38 heavy (non-hydrogen) atoms. The number of nitrogens with one attached hydrogen (secondary N) is 1. The van der Waals surface area contributed by atoms with Crippen LogP contribution in [-0.2, 0) is 26.2 Å². The normalized spacial score (nSPS) is 12.2. The lowest BCUT2D eigenvalue weighted by Crippen LogP contribution is -2.51. The van der Waals surface area contributed by atoms with Gasteiger partial charge in [-0.25, -0.2) is 12.8 Å². The van der Waals surface area contributed by atoms with Crippen molar-refractivity contribution in [3.05, 3.63) is 94.7 Å². The van der Waals surface area contributed by atoms with Crippen LogP contribution in [0.5, 0.6) is 0 Å². The lowest BCUT2D eigenvalue weighted by atomic mass is 10.1. The Kier molecular flexibility index (Phi) is 10.0. The Balaban J connectivity index is 1.97. The van der Waals surface area contributed by atoms with Crippen molar-refractivity contribution in [3.8, 4) is 0 Å². The molecule has 0 unspecified atom stereocenters. The van der Waals surface area contributed by atoms with Gasteiger partial charge in [0.05, 0.1) is 10.6 Å². The fourth-order valence-corrected chi connectivity index (χ4v) is 5.36. The molecule has 2 amide bonds. The smallest absolute Gasteiger partial charge is 0.264 e. The second-order valence-corrected chi connectivity index (χ2v) is 12.0. The molecule has 0 saturated heterocycles. The molecule has 10 heteroatoms. The second-order valence-electron chi connectivity index (χ2n) is 9.26. The maximum atomic E-state index is 13.8. The number of carbonyl (C=O) groups is 2. The number of nitrogens with zero attached hydrogens (tertiary/aromatic N) is 2. The third kappa shape index (κ3) is 7.64. The van der Waals surface area contributed by atoms with Crippen LogP contribution in [0.4, 0.5) is 10.1 Å². The van der Waals surface area contributed by atoms with E-state index < -0.39 is 34.3 Å². The molecule has 0 radical (unpaired) electrons. The summed E-state index contributed by atoms with van der Waals surface area (Å²) >= 11 is 3.39. The minimum Gasteiger partial charge on any atom is -0.354 e. The molecular weight excluding hydrogens is 573 g/mol. The lowest BCUT2D eigenvalue weighted by Gasteiger charge is -2.32. The van der Waals surface area contributed by atoms with E-state index in [2.05, 4.69) is 21.2 Å². The Bertz CT molecular complexity index is 1330. The highest BCUT2D eigenvalue weighted by molar-refractivity contribution is 9.10. The summed E-state index contributed by atoms with van der Waals surface area (Å²) in [5, 5.41) is 2.85. The van der Waals surface area contributed by atoms with E-state index in [9.17, 15) is 22.4 Å². The van der Waals surface area contributed by atoms with E-state index in [4.69, 9.17) is 0 Å². The number of halogens is 2. The first kappa shape index (κ1) is 29.3. The maximum Gasteiger partial charge on any atom is 0.264 e. The highest BCUT2D eigenvalue weighted by Gasteiger charge is 2.32. The standard InChI is InChI=1S/C28H31BrFN3O4S/c1-20(2)17-31-28(35)21(3)32(18-22-9-11-23(29)12-10-22)27(34)19-33(25-7-5-4-6-8-25)38(36,37)26-15-13-24(30)14-16-26/h4-16,20-21H,17-19H2,1-3H3,(H,31,35)/t21-/m0/s1. The van der Waals surface area contributed by atoms with Crippen molar-refractivity contribution in [2.75, 3.05) is 17.4 Å². The van der Waals surface area contributed by atoms with Crippen LogP contribution < -0.4 is 9.62 Å². The number of benzene rings is 3. The van der Waals surface area contributed by atoms with Crippen molar-refractivity contribution >= 4 is 43.5 Å². The summed E-state index contributed by atoms with van der Waals surface area (Å²) in [6.45, 7) is 5.54. The van der Waals surface area contributed by atoms with Gasteiger partial charge in [0.1, 0.15) is 18.4 Å². The van der Waals surface area contributed by atoms with Gasteiger partial charge in [0.15, 0.2) is 0 Å². The van der Waals surface area contributed by atoms with E-state index in [0.717, 1.165) is 38.6 Å². The number of sulfonamides is 1. The van der Waals surface area contributed by atoms with Gasteiger partial charge < -0.3 is 10.2 Å². The first-order chi connectivity index (χ1) is 18.0. The monoisotopic (exact) mass is 603 g/mol. The predicted molar refractivity (Wildman–Crippen MR) is 149 cm³/mol. The van der Waals surface area contributed by atoms with Gasteiger partial charge >= 0.3 is 0 Å². The van der Waals surface area contributed by atoms with Crippen LogP contribution in [0.25, 0.3) is 0 Å². The Labute approximate surface area is 231 Å². The molecule has 0 aromatic heterocycles. The lowest BCUT2D eigenvalue weighted by molar-refractivity contribution is -0.139. The van der Waals surface area contributed by atoms with Gasteiger partial charge in [-0.3, -0.25) is 13.9 Å². The van der Waals surface area contributed by atoms with Crippen molar-refractivity contribution in [2.24, 2.45) is 5.92 Å². The third-order valence-electron chi connectivity index (χ3n) is 5.84. The van der Waals surface area contributed by atoms with Crippen LogP contribution in [-0.4, -0.2) is 44.3 Å². The molecule has 0 saturated carbocycles. The molecule has 0 spiro atoms. The Hall–Kier alpha value is -3.24. The van der Waals surface area contributed by atoms with Gasteiger partial charge in [-0.2, -0.15) is 0 Å². The van der Waals surface area contributed by atoms with E-state index >= 15 is 0 Å². The third-order valence-corrected chi connectivity index (χ3v) is 8.16. The molecule has 0 heterocycles. The summed E-state index contributed by atoms with van der Waals surface area (Å²) < 4.78 is 42.6. The highest BCUT2D eigenvalue weighted by atomic mass is 79.9. The van der Waals surface area contributed by atoms with Gasteiger partial charge in [0, 0.05) is 17.6 Å². The zero-order valence-corrected chi connectivity index (χ0v) is 23.9. The molecule has 0 bridgehead atoms. The fraction of sp³-hybridized carbons (Fsp3) is 0.286. The van der Waals surface area contributed by atoms with Crippen molar-refractivity contribution < 1.29 is 22.4 Å². The van der Waals surface area contributed by atoms with Crippen LogP contribution in [0, 0.1) is 11.7 Å². The zero-order valence-electron chi connectivity index (χ0n) is 21.5. The summed E-state index contributed by atoms with van der Waals surface area (Å²) in [6, 6.07) is 19.1. The van der Waals surface area contributed by atoms with E-state index in [0.29, 0.717) is 6.54 Å². The number of carbonyl (C=O) groups excluding carboxylic acids is 2. The number of anilines is 1. The van der Waals surface area contributed by atoms with Crippen molar-refractivity contribution in [1.82, 2.24) is 10.2 Å². The average molecular weight is 605 g/mol. The second kappa shape index (κ2) is 13.0. The maximum absolute atomic E-state index is 13.8. The van der Waals surface area contributed by atoms with E-state index in [-0.39, 0.29) is 29.0 Å². The first-order valence-electron chi connectivity index (χ1n) is 12.1. The summed E-state index contributed by atoms with van der Waals surface area (Å²) in [4.78, 5) is 28.0. The van der Waals surface area contributed by atoms with Crippen molar-refractivity contribution in [2.45, 2.75) is 38.3 Å². The number of amides is 2. The van der Waals surface area contributed by atoms with Crippen LogP contribution in [0.2, 0.25) is 0 Å². The predicted octanol–water partition coefficient (Wildman–Crippen LogP) is 4.97. The zero-order chi connectivity index (χ0) is 27.9. The summed E-state index contributed by atoms with van der Waals surface area (Å²) in [7, 11) is -4.23. The molecule has 7 nitrogen and oxygen atoms in total. The van der Waals surface area contributed by atoms with Crippen LogP contribution in [0.3, 0.4) is 0 Å². The van der Waals surface area contributed by atoms with E-state index in [1.165, 1.54) is 4.90 Å². The molecular formula is C28H31BrFN3O4S. The molecule has 1 N–H and O–H groups in total.